The van der Waals surface area contributed by atoms with Gasteiger partial charge in [0, 0.05) is 4.48 Å². The van der Waals surface area contributed by atoms with Crippen molar-refractivity contribution in [1.29, 1.82) is 0 Å². The zero-order valence-electron chi connectivity index (χ0n) is 7.36. The topological polar surface area (TPSA) is 0 Å². The van der Waals surface area contributed by atoms with Crippen LogP contribution in [0.2, 0.25) is 0 Å². The lowest BCUT2D eigenvalue weighted by atomic mass is 10.0. The van der Waals surface area contributed by atoms with E-state index in [1.807, 2.05) is 6.08 Å². The van der Waals surface area contributed by atoms with Crippen molar-refractivity contribution in [3.8, 4) is 0 Å². The van der Waals surface area contributed by atoms with Gasteiger partial charge >= 0.3 is 0 Å². The maximum absolute atomic E-state index is 13.2. The Balaban J connectivity index is 2.42. The maximum Gasteiger partial charge on any atom is 0.131 e. The van der Waals surface area contributed by atoms with Gasteiger partial charge in [-0.25, -0.2) is 4.39 Å². The molecule has 0 radical (unpaired) electrons. The van der Waals surface area contributed by atoms with Crippen LogP contribution in [0, 0.1) is 0 Å². The van der Waals surface area contributed by atoms with Crippen LogP contribution in [0.15, 0.2) is 10.6 Å². The minimum absolute atomic E-state index is 0.692. The molecule has 1 rings (SSSR count). The van der Waals surface area contributed by atoms with E-state index in [2.05, 4.69) is 15.9 Å². The van der Waals surface area contributed by atoms with Crippen LogP contribution in [0.3, 0.4) is 0 Å². The average Bonchev–Trinajstić information content (AvgIpc) is 2.08. The molecule has 0 aromatic heterocycles. The van der Waals surface area contributed by atoms with Crippen LogP contribution in [0.4, 0.5) is 4.39 Å². The smallest absolute Gasteiger partial charge is 0.131 e. The van der Waals surface area contributed by atoms with Crippen LogP contribution in [-0.4, -0.2) is 6.17 Å². The van der Waals surface area contributed by atoms with Crippen LogP contribution >= 0.6 is 15.9 Å². The highest BCUT2D eigenvalue weighted by atomic mass is 79.9. The summed E-state index contributed by atoms with van der Waals surface area (Å²) in [5.74, 6) is 0. The molecular formula is C10H16BrF. The Labute approximate surface area is 82.4 Å². The van der Waals surface area contributed by atoms with E-state index < -0.39 is 6.17 Å². The average molecular weight is 235 g/mol. The summed E-state index contributed by atoms with van der Waals surface area (Å²) in [5.41, 5.74) is 0. The quantitative estimate of drug-likeness (QED) is 0.585. The minimum atomic E-state index is -0.747. The summed E-state index contributed by atoms with van der Waals surface area (Å²) in [7, 11) is 0. The first-order valence-corrected chi connectivity index (χ1v) is 5.59. The standard InChI is InChI=1S/C10H16BrF/c11-9-7-5-3-1-2-4-6-8-10(9)12/h7,10H,1-6,8H2/b9-7+/t10-/m1/s1. The normalized spacial score (nSPS) is 32.2. The van der Waals surface area contributed by atoms with E-state index in [9.17, 15) is 4.39 Å². The zero-order chi connectivity index (χ0) is 8.81. The van der Waals surface area contributed by atoms with Crippen molar-refractivity contribution in [1.82, 2.24) is 0 Å². The Hall–Kier alpha value is 0.150. The van der Waals surface area contributed by atoms with Gasteiger partial charge in [0.25, 0.3) is 0 Å². The van der Waals surface area contributed by atoms with E-state index in [-0.39, 0.29) is 0 Å². The fraction of sp³-hybridized carbons (Fsp3) is 0.800. The van der Waals surface area contributed by atoms with Crippen molar-refractivity contribution in [3.63, 3.8) is 0 Å². The first-order valence-electron chi connectivity index (χ1n) is 4.80. The van der Waals surface area contributed by atoms with Gasteiger partial charge in [-0.3, -0.25) is 0 Å². The van der Waals surface area contributed by atoms with E-state index in [4.69, 9.17) is 0 Å². The van der Waals surface area contributed by atoms with Crippen LogP contribution in [-0.2, 0) is 0 Å². The molecule has 0 saturated carbocycles. The summed E-state index contributed by atoms with van der Waals surface area (Å²) >= 11 is 3.28. The molecule has 0 heterocycles. The SMILES string of the molecule is F[C@@H]1CCCCCCC/C=C\1Br. The molecule has 0 aliphatic heterocycles. The van der Waals surface area contributed by atoms with Gasteiger partial charge in [-0.2, -0.15) is 0 Å². The highest BCUT2D eigenvalue weighted by molar-refractivity contribution is 9.11. The zero-order valence-corrected chi connectivity index (χ0v) is 8.95. The third kappa shape index (κ3) is 3.70. The Morgan fingerprint density at radius 2 is 1.83 bits per heavy atom. The van der Waals surface area contributed by atoms with Crippen LogP contribution in [0.1, 0.15) is 44.9 Å². The molecule has 70 valence electrons. The number of alkyl halides is 1. The van der Waals surface area contributed by atoms with Crippen LogP contribution < -0.4 is 0 Å². The molecule has 12 heavy (non-hydrogen) atoms. The van der Waals surface area contributed by atoms with E-state index >= 15 is 0 Å². The second-order valence-electron chi connectivity index (χ2n) is 3.40. The number of hydrogen-bond donors (Lipinski definition) is 0. The van der Waals surface area contributed by atoms with Gasteiger partial charge in [-0.15, -0.1) is 0 Å². The van der Waals surface area contributed by atoms with Gasteiger partial charge in [0.1, 0.15) is 6.17 Å². The molecule has 1 aliphatic carbocycles. The Morgan fingerprint density at radius 1 is 1.17 bits per heavy atom. The van der Waals surface area contributed by atoms with Crippen molar-refractivity contribution in [2.24, 2.45) is 0 Å². The van der Waals surface area contributed by atoms with Crippen molar-refractivity contribution in [2.75, 3.05) is 0 Å². The molecule has 0 spiro atoms. The molecule has 0 unspecified atom stereocenters. The third-order valence-electron chi connectivity index (χ3n) is 2.30. The highest BCUT2D eigenvalue weighted by Crippen LogP contribution is 2.23. The first-order chi connectivity index (χ1) is 5.80. The van der Waals surface area contributed by atoms with E-state index in [0.717, 1.165) is 17.3 Å². The number of rotatable bonds is 0. The van der Waals surface area contributed by atoms with Crippen LogP contribution in [0.5, 0.6) is 0 Å². The Morgan fingerprint density at radius 3 is 2.67 bits per heavy atom. The lowest BCUT2D eigenvalue weighted by Gasteiger charge is -2.09. The maximum atomic E-state index is 13.2. The predicted octanol–water partition coefficient (Wildman–Crippen LogP) is 4.35. The molecule has 0 fully saturated rings. The first kappa shape index (κ1) is 10.2. The predicted molar refractivity (Wildman–Crippen MR) is 54.2 cm³/mol. The summed E-state index contributed by atoms with van der Waals surface area (Å²) in [6.07, 6.45) is 8.98. The monoisotopic (exact) mass is 234 g/mol. The summed E-state index contributed by atoms with van der Waals surface area (Å²) in [4.78, 5) is 0. The minimum Gasteiger partial charge on any atom is -0.242 e. The molecule has 1 aliphatic rings. The van der Waals surface area contributed by atoms with Gasteiger partial charge in [0.15, 0.2) is 0 Å². The van der Waals surface area contributed by atoms with E-state index in [1.165, 1.54) is 25.7 Å². The molecule has 0 saturated heterocycles. The van der Waals surface area contributed by atoms with Gasteiger partial charge in [-0.1, -0.05) is 47.7 Å². The molecule has 1 atom stereocenters. The fourth-order valence-electron chi connectivity index (χ4n) is 1.50. The summed E-state index contributed by atoms with van der Waals surface area (Å²) < 4.78 is 14.0. The molecule has 0 bridgehead atoms. The molecule has 0 aromatic rings. The van der Waals surface area contributed by atoms with Gasteiger partial charge in [-0.05, 0) is 19.3 Å². The summed E-state index contributed by atoms with van der Waals surface area (Å²) in [5, 5.41) is 0. The van der Waals surface area contributed by atoms with Crippen molar-refractivity contribution < 1.29 is 4.39 Å². The molecule has 0 N–H and O–H groups in total. The largest absolute Gasteiger partial charge is 0.242 e. The van der Waals surface area contributed by atoms with Crippen molar-refractivity contribution >= 4 is 15.9 Å². The van der Waals surface area contributed by atoms with E-state index in [0.29, 0.717) is 6.42 Å². The van der Waals surface area contributed by atoms with E-state index in [1.54, 1.807) is 0 Å². The van der Waals surface area contributed by atoms with Gasteiger partial charge in [0.2, 0.25) is 0 Å². The molecule has 0 aromatic carbocycles. The second-order valence-corrected chi connectivity index (χ2v) is 4.32. The summed E-state index contributed by atoms with van der Waals surface area (Å²) in [6.45, 7) is 0. The number of allylic oxidation sites excluding steroid dienone is 2. The van der Waals surface area contributed by atoms with Crippen molar-refractivity contribution in [2.45, 2.75) is 51.1 Å². The third-order valence-corrected chi connectivity index (χ3v) is 3.12. The lowest BCUT2D eigenvalue weighted by Crippen LogP contribution is -2.00. The Bertz CT molecular complexity index is 154. The second kappa shape index (κ2) is 5.74. The molecule has 0 nitrogen and oxygen atoms in total. The lowest BCUT2D eigenvalue weighted by molar-refractivity contribution is 0.358. The molecule has 2 heteroatoms. The molecule has 0 amide bonds. The fourth-order valence-corrected chi connectivity index (χ4v) is 1.96. The van der Waals surface area contributed by atoms with Gasteiger partial charge in [0.05, 0.1) is 0 Å². The van der Waals surface area contributed by atoms with Crippen LogP contribution in [0.25, 0.3) is 0 Å². The van der Waals surface area contributed by atoms with Gasteiger partial charge < -0.3 is 0 Å². The Kier molecular flexibility index (Phi) is 4.89. The van der Waals surface area contributed by atoms with Crippen molar-refractivity contribution in [3.05, 3.63) is 10.6 Å². The molecular weight excluding hydrogens is 219 g/mol. The number of hydrogen-bond acceptors (Lipinski definition) is 0. The number of halogens is 2. The highest BCUT2D eigenvalue weighted by Gasteiger charge is 2.10. The summed E-state index contributed by atoms with van der Waals surface area (Å²) in [6, 6.07) is 0.